The van der Waals surface area contributed by atoms with Crippen LogP contribution in [0.4, 0.5) is 0 Å². The summed E-state index contributed by atoms with van der Waals surface area (Å²) in [6.45, 7) is 0.882. The first kappa shape index (κ1) is 12.4. The van der Waals surface area contributed by atoms with Crippen LogP contribution in [-0.4, -0.2) is 38.6 Å². The van der Waals surface area contributed by atoms with E-state index in [1.807, 2.05) is 0 Å². The highest BCUT2D eigenvalue weighted by molar-refractivity contribution is 5.90. The number of hydrogen-bond acceptors (Lipinski definition) is 3. The Morgan fingerprint density at radius 1 is 1.10 bits per heavy atom. The highest BCUT2D eigenvalue weighted by Crippen LogP contribution is 2.38. The summed E-state index contributed by atoms with van der Waals surface area (Å²) in [5.41, 5.74) is 0. The predicted molar refractivity (Wildman–Crippen MR) is 74.4 cm³/mol. The number of likely N-dealkylation sites (tertiary alicyclic amines) is 1. The molecular formula is C15H22N4O. The lowest BCUT2D eigenvalue weighted by atomic mass is 9.96. The minimum atomic E-state index is 0.0440. The average Bonchev–Trinajstić information content (AvgIpc) is 2.96. The standard InChI is InChI=1S/C15H22N4O/c20-15(14-16-13(17-18-14)11-7-8-11)19-9-3-6-12(19)10-4-1-2-5-10/h10-12H,1-9H2,(H,16,17,18). The fourth-order valence-corrected chi connectivity index (χ4v) is 3.91. The molecule has 0 radical (unpaired) electrons. The van der Waals surface area contributed by atoms with E-state index < -0.39 is 0 Å². The molecule has 3 aliphatic rings. The number of rotatable bonds is 3. The number of hydrogen-bond donors (Lipinski definition) is 1. The molecule has 1 amide bonds. The third-order valence-corrected chi connectivity index (χ3v) is 5.16. The zero-order valence-electron chi connectivity index (χ0n) is 11.8. The van der Waals surface area contributed by atoms with Gasteiger partial charge in [0, 0.05) is 18.5 Å². The SMILES string of the molecule is O=C(c1n[nH]c(C2CC2)n1)N1CCCC1C1CCCC1. The zero-order valence-corrected chi connectivity index (χ0v) is 11.8. The Labute approximate surface area is 119 Å². The fraction of sp³-hybridized carbons (Fsp3) is 0.800. The summed E-state index contributed by atoms with van der Waals surface area (Å²) in [4.78, 5) is 19.1. The van der Waals surface area contributed by atoms with Gasteiger partial charge in [-0.3, -0.25) is 9.89 Å². The summed E-state index contributed by atoms with van der Waals surface area (Å²) in [5, 5.41) is 7.10. The monoisotopic (exact) mass is 274 g/mol. The summed E-state index contributed by atoms with van der Waals surface area (Å²) in [5.74, 6) is 2.57. The van der Waals surface area contributed by atoms with Crippen LogP contribution in [0.25, 0.3) is 0 Å². The van der Waals surface area contributed by atoms with Crippen molar-refractivity contribution in [2.24, 2.45) is 5.92 Å². The minimum absolute atomic E-state index is 0.0440. The van der Waals surface area contributed by atoms with Crippen LogP contribution in [0, 0.1) is 5.92 Å². The van der Waals surface area contributed by atoms with Crippen molar-refractivity contribution in [2.45, 2.75) is 63.3 Å². The Hall–Kier alpha value is -1.39. The third kappa shape index (κ3) is 2.13. The molecule has 0 spiro atoms. The molecule has 2 aliphatic carbocycles. The second-order valence-electron chi connectivity index (χ2n) is 6.57. The van der Waals surface area contributed by atoms with E-state index in [1.54, 1.807) is 0 Å². The van der Waals surface area contributed by atoms with E-state index in [1.165, 1.54) is 38.5 Å². The van der Waals surface area contributed by atoms with Gasteiger partial charge >= 0.3 is 0 Å². The lowest BCUT2D eigenvalue weighted by molar-refractivity contribution is 0.0677. The van der Waals surface area contributed by atoms with Gasteiger partial charge in [0.25, 0.3) is 5.91 Å². The topological polar surface area (TPSA) is 61.9 Å². The van der Waals surface area contributed by atoms with Crippen molar-refractivity contribution in [1.82, 2.24) is 20.1 Å². The van der Waals surface area contributed by atoms with Gasteiger partial charge in [-0.05, 0) is 44.4 Å². The van der Waals surface area contributed by atoms with Crippen molar-refractivity contribution in [3.05, 3.63) is 11.6 Å². The summed E-state index contributed by atoms with van der Waals surface area (Å²) in [7, 11) is 0. The van der Waals surface area contributed by atoms with Crippen LogP contribution in [0.15, 0.2) is 0 Å². The fourth-order valence-electron chi connectivity index (χ4n) is 3.91. The number of carbonyl (C=O) groups excluding carboxylic acids is 1. The van der Waals surface area contributed by atoms with Gasteiger partial charge in [0.2, 0.25) is 5.82 Å². The van der Waals surface area contributed by atoms with Gasteiger partial charge in [-0.2, -0.15) is 0 Å². The molecule has 4 rings (SSSR count). The van der Waals surface area contributed by atoms with Crippen LogP contribution >= 0.6 is 0 Å². The molecule has 2 heterocycles. The second kappa shape index (κ2) is 4.86. The minimum Gasteiger partial charge on any atom is -0.333 e. The van der Waals surface area contributed by atoms with E-state index in [2.05, 4.69) is 20.1 Å². The van der Waals surface area contributed by atoms with Crippen molar-refractivity contribution < 1.29 is 4.79 Å². The van der Waals surface area contributed by atoms with Crippen molar-refractivity contribution in [3.8, 4) is 0 Å². The Morgan fingerprint density at radius 3 is 2.65 bits per heavy atom. The quantitative estimate of drug-likeness (QED) is 0.921. The van der Waals surface area contributed by atoms with Gasteiger partial charge in [0.1, 0.15) is 5.82 Å². The first-order valence-corrected chi connectivity index (χ1v) is 8.06. The number of amides is 1. The highest BCUT2D eigenvalue weighted by atomic mass is 16.2. The van der Waals surface area contributed by atoms with Gasteiger partial charge in [-0.1, -0.05) is 12.8 Å². The zero-order chi connectivity index (χ0) is 13.5. The molecule has 1 aromatic rings. The summed E-state index contributed by atoms with van der Waals surface area (Å²) in [6, 6.07) is 0.438. The van der Waals surface area contributed by atoms with Crippen molar-refractivity contribution in [2.75, 3.05) is 6.54 Å². The van der Waals surface area contributed by atoms with Gasteiger partial charge in [0.05, 0.1) is 0 Å². The number of H-pyrrole nitrogens is 1. The Bertz CT molecular complexity index is 502. The summed E-state index contributed by atoms with van der Waals surface area (Å²) in [6.07, 6.45) is 9.88. The molecule has 1 unspecified atom stereocenters. The largest absolute Gasteiger partial charge is 0.333 e. The van der Waals surface area contributed by atoms with E-state index in [9.17, 15) is 4.79 Å². The Balaban J connectivity index is 1.50. The predicted octanol–water partition coefficient (Wildman–Crippen LogP) is 2.48. The van der Waals surface area contributed by atoms with Crippen LogP contribution in [0.5, 0.6) is 0 Å². The van der Waals surface area contributed by atoms with E-state index in [0.717, 1.165) is 25.2 Å². The first-order valence-electron chi connectivity index (χ1n) is 8.06. The lowest BCUT2D eigenvalue weighted by Gasteiger charge is -2.28. The van der Waals surface area contributed by atoms with Gasteiger partial charge < -0.3 is 4.90 Å². The molecule has 1 N–H and O–H groups in total. The van der Waals surface area contributed by atoms with Gasteiger partial charge in [0.15, 0.2) is 0 Å². The molecule has 1 aromatic heterocycles. The van der Waals surface area contributed by atoms with E-state index in [0.29, 0.717) is 23.7 Å². The van der Waals surface area contributed by atoms with Crippen molar-refractivity contribution >= 4 is 5.91 Å². The first-order chi connectivity index (χ1) is 9.83. The number of nitrogens with one attached hydrogen (secondary N) is 1. The smallest absolute Gasteiger partial charge is 0.293 e. The average molecular weight is 274 g/mol. The maximum atomic E-state index is 12.7. The molecule has 20 heavy (non-hydrogen) atoms. The summed E-state index contributed by atoms with van der Waals surface area (Å²) >= 11 is 0. The second-order valence-corrected chi connectivity index (χ2v) is 6.57. The molecule has 1 saturated heterocycles. The van der Waals surface area contributed by atoms with E-state index in [4.69, 9.17) is 0 Å². The maximum Gasteiger partial charge on any atom is 0.293 e. The normalized spacial score (nSPS) is 27.4. The number of aromatic nitrogens is 3. The molecule has 5 nitrogen and oxygen atoms in total. The molecule has 108 valence electrons. The van der Waals surface area contributed by atoms with E-state index in [-0.39, 0.29) is 5.91 Å². The van der Waals surface area contributed by atoms with Crippen molar-refractivity contribution in [1.29, 1.82) is 0 Å². The number of carbonyl (C=O) groups is 1. The third-order valence-electron chi connectivity index (χ3n) is 5.16. The van der Waals surface area contributed by atoms with Crippen LogP contribution in [-0.2, 0) is 0 Å². The number of nitrogens with zero attached hydrogens (tertiary/aromatic N) is 3. The number of aromatic amines is 1. The molecular weight excluding hydrogens is 252 g/mol. The lowest BCUT2D eigenvalue weighted by Crippen LogP contribution is -2.39. The van der Waals surface area contributed by atoms with Crippen LogP contribution < -0.4 is 0 Å². The van der Waals surface area contributed by atoms with Crippen molar-refractivity contribution in [3.63, 3.8) is 0 Å². The van der Waals surface area contributed by atoms with Gasteiger partial charge in [-0.15, -0.1) is 5.10 Å². The summed E-state index contributed by atoms with van der Waals surface area (Å²) < 4.78 is 0. The van der Waals surface area contributed by atoms with Crippen LogP contribution in [0.1, 0.15) is 73.7 Å². The molecule has 0 aromatic carbocycles. The molecule has 1 atom stereocenters. The molecule has 0 bridgehead atoms. The van der Waals surface area contributed by atoms with Gasteiger partial charge in [-0.25, -0.2) is 4.98 Å². The molecule has 1 aliphatic heterocycles. The maximum absolute atomic E-state index is 12.7. The van der Waals surface area contributed by atoms with E-state index >= 15 is 0 Å². The molecule has 2 saturated carbocycles. The Morgan fingerprint density at radius 2 is 1.90 bits per heavy atom. The van der Waals surface area contributed by atoms with Crippen LogP contribution in [0.2, 0.25) is 0 Å². The molecule has 5 heteroatoms. The Kier molecular flexibility index (Phi) is 3.00. The van der Waals surface area contributed by atoms with Crippen LogP contribution in [0.3, 0.4) is 0 Å². The highest BCUT2D eigenvalue weighted by Gasteiger charge is 2.38. The molecule has 3 fully saturated rings.